The number of hydrogen-bond acceptors (Lipinski definition) is 4. The molecule has 0 aliphatic heterocycles. The number of rotatable bonds is 6. The Kier molecular flexibility index (Phi) is 6.95. The van der Waals surface area contributed by atoms with Crippen LogP contribution in [0, 0.1) is 11.8 Å². The van der Waals surface area contributed by atoms with Gasteiger partial charge in [0.05, 0.1) is 10.4 Å². The Morgan fingerprint density at radius 1 is 1.06 bits per heavy atom. The van der Waals surface area contributed by atoms with E-state index in [1.807, 2.05) is 24.3 Å². The van der Waals surface area contributed by atoms with E-state index >= 15 is 0 Å². The van der Waals surface area contributed by atoms with Crippen molar-refractivity contribution in [2.45, 2.75) is 29.3 Å². The zero-order valence-electron chi connectivity index (χ0n) is 18.6. The molecule has 0 aliphatic carbocycles. The number of carboxylic acids is 1. The summed E-state index contributed by atoms with van der Waals surface area (Å²) in [6.07, 6.45) is -2.78. The summed E-state index contributed by atoms with van der Waals surface area (Å²) in [4.78, 5) is 15.4. The molecule has 0 amide bonds. The van der Waals surface area contributed by atoms with Crippen LogP contribution >= 0.6 is 11.3 Å². The van der Waals surface area contributed by atoms with Crippen molar-refractivity contribution in [2.75, 3.05) is 0 Å². The molecule has 6 nitrogen and oxygen atoms in total. The monoisotopic (exact) mass is 532 g/mol. The molecule has 36 heavy (non-hydrogen) atoms. The number of sulfonamides is 1. The van der Waals surface area contributed by atoms with E-state index in [1.54, 1.807) is 13.1 Å². The second kappa shape index (κ2) is 9.81. The number of aromatic amines is 1. The van der Waals surface area contributed by atoms with Crippen LogP contribution in [0.2, 0.25) is 0 Å². The van der Waals surface area contributed by atoms with Crippen LogP contribution in [-0.2, 0) is 21.0 Å². The van der Waals surface area contributed by atoms with Crippen molar-refractivity contribution in [1.29, 1.82) is 0 Å². The lowest BCUT2D eigenvalue weighted by Gasteiger charge is -2.21. The normalized spacial score (nSPS) is 13.7. The highest BCUT2D eigenvalue weighted by Gasteiger charge is 2.33. The Bertz CT molecular complexity index is 1580. The standard InChI is InChI=1S/C25H19F3N2O4S2/c1-15(20-14-29-21-5-3-2-4-19(20)21)23(24(31)32)30-36(33,34)22-13-12-18(35-22)11-8-16-6-9-17(10-7-16)25(26,27)28/h2-7,9-10,12-15,23,29-30H,1H3,(H,31,32)/t15-,23+/m0/s1. The number of aliphatic carboxylic acids is 1. The van der Waals surface area contributed by atoms with Crippen LogP contribution in [-0.4, -0.2) is 30.5 Å². The highest BCUT2D eigenvalue weighted by molar-refractivity contribution is 7.91. The molecule has 186 valence electrons. The lowest BCUT2D eigenvalue weighted by Crippen LogP contribution is -2.43. The van der Waals surface area contributed by atoms with Gasteiger partial charge in [-0.05, 0) is 48.0 Å². The van der Waals surface area contributed by atoms with Gasteiger partial charge in [-0.15, -0.1) is 11.3 Å². The maximum absolute atomic E-state index is 13.0. The molecule has 0 spiro atoms. The molecule has 0 saturated carbocycles. The third-order valence-corrected chi connectivity index (χ3v) is 8.48. The number of nitrogens with one attached hydrogen (secondary N) is 2. The Balaban J connectivity index is 1.53. The van der Waals surface area contributed by atoms with E-state index in [-0.39, 0.29) is 4.21 Å². The number of alkyl halides is 3. The first-order chi connectivity index (χ1) is 17.0. The predicted octanol–water partition coefficient (Wildman–Crippen LogP) is 5.18. The Morgan fingerprint density at radius 3 is 2.42 bits per heavy atom. The molecule has 0 fully saturated rings. The van der Waals surface area contributed by atoms with Crippen molar-refractivity contribution in [3.05, 3.63) is 88.4 Å². The van der Waals surface area contributed by atoms with Crippen LogP contribution in [0.15, 0.2) is 71.1 Å². The molecule has 2 heterocycles. The summed E-state index contributed by atoms with van der Waals surface area (Å²) >= 11 is 0.829. The summed E-state index contributed by atoms with van der Waals surface area (Å²) in [5.74, 6) is 3.41. The van der Waals surface area contributed by atoms with Gasteiger partial charge in [0.2, 0.25) is 0 Å². The molecule has 0 bridgehead atoms. The zero-order chi connectivity index (χ0) is 26.1. The Morgan fingerprint density at radius 2 is 1.75 bits per heavy atom. The Labute approximate surface area is 208 Å². The van der Waals surface area contributed by atoms with Crippen molar-refractivity contribution < 1.29 is 31.5 Å². The van der Waals surface area contributed by atoms with E-state index in [2.05, 4.69) is 21.5 Å². The van der Waals surface area contributed by atoms with Gasteiger partial charge < -0.3 is 10.1 Å². The molecule has 11 heteroatoms. The minimum atomic E-state index is -4.45. The fraction of sp³-hybridized carbons (Fsp3) is 0.160. The minimum Gasteiger partial charge on any atom is -0.480 e. The molecule has 3 N–H and O–H groups in total. The molecule has 4 rings (SSSR count). The number of aromatic nitrogens is 1. The average Bonchev–Trinajstić information content (AvgIpc) is 3.48. The fourth-order valence-corrected chi connectivity index (χ4v) is 6.10. The number of H-pyrrole nitrogens is 1. The van der Waals surface area contributed by atoms with Gasteiger partial charge in [-0.2, -0.15) is 17.9 Å². The second-order valence-electron chi connectivity index (χ2n) is 7.96. The number of carbonyl (C=O) groups is 1. The molecule has 2 aromatic heterocycles. The average molecular weight is 533 g/mol. The number of thiophene rings is 1. The van der Waals surface area contributed by atoms with Gasteiger partial charge in [-0.25, -0.2) is 8.42 Å². The molecule has 0 unspecified atom stereocenters. The number of benzene rings is 2. The van der Waals surface area contributed by atoms with Crippen LogP contribution in [0.4, 0.5) is 13.2 Å². The number of halogens is 3. The first-order valence-electron chi connectivity index (χ1n) is 10.6. The maximum atomic E-state index is 13.0. The number of para-hydroxylation sites is 1. The van der Waals surface area contributed by atoms with Crippen molar-refractivity contribution in [3.8, 4) is 11.8 Å². The fourth-order valence-electron chi connectivity index (χ4n) is 3.65. The van der Waals surface area contributed by atoms with Crippen molar-refractivity contribution >= 4 is 38.2 Å². The molecule has 2 atom stereocenters. The Hall–Kier alpha value is -3.59. The smallest absolute Gasteiger partial charge is 0.416 e. The number of hydrogen-bond donors (Lipinski definition) is 3. The lowest BCUT2D eigenvalue weighted by molar-refractivity contribution is -0.139. The maximum Gasteiger partial charge on any atom is 0.416 e. The molecular weight excluding hydrogens is 513 g/mol. The van der Waals surface area contributed by atoms with Gasteiger partial charge in [0.1, 0.15) is 10.3 Å². The summed E-state index contributed by atoms with van der Waals surface area (Å²) in [7, 11) is -4.19. The third kappa shape index (κ3) is 5.46. The lowest BCUT2D eigenvalue weighted by atomic mass is 9.93. The van der Waals surface area contributed by atoms with E-state index in [4.69, 9.17) is 0 Å². The van der Waals surface area contributed by atoms with Crippen molar-refractivity contribution in [2.24, 2.45) is 0 Å². The van der Waals surface area contributed by atoms with Crippen LogP contribution in [0.25, 0.3) is 10.9 Å². The van der Waals surface area contributed by atoms with E-state index < -0.39 is 39.7 Å². The first kappa shape index (κ1) is 25.5. The summed E-state index contributed by atoms with van der Waals surface area (Å²) < 4.78 is 66.2. The van der Waals surface area contributed by atoms with Crippen LogP contribution in [0.5, 0.6) is 0 Å². The highest BCUT2D eigenvalue weighted by atomic mass is 32.2. The summed E-state index contributed by atoms with van der Waals surface area (Å²) in [6, 6.07) is 12.9. The van der Waals surface area contributed by atoms with Gasteiger partial charge in [0.25, 0.3) is 10.0 Å². The van der Waals surface area contributed by atoms with E-state index in [9.17, 15) is 31.5 Å². The van der Waals surface area contributed by atoms with Gasteiger partial charge in [-0.1, -0.05) is 37.0 Å². The van der Waals surface area contributed by atoms with E-state index in [0.717, 1.165) is 34.4 Å². The van der Waals surface area contributed by atoms with E-state index in [1.165, 1.54) is 24.3 Å². The molecule has 0 radical (unpaired) electrons. The van der Waals surface area contributed by atoms with Gasteiger partial charge >= 0.3 is 12.1 Å². The van der Waals surface area contributed by atoms with Crippen LogP contribution in [0.3, 0.4) is 0 Å². The van der Waals surface area contributed by atoms with Crippen LogP contribution < -0.4 is 4.72 Å². The quantitative estimate of drug-likeness (QED) is 0.298. The topological polar surface area (TPSA) is 99.3 Å². The molecule has 2 aromatic carbocycles. The van der Waals surface area contributed by atoms with Gasteiger partial charge in [0, 0.05) is 28.6 Å². The zero-order valence-corrected chi connectivity index (χ0v) is 20.3. The molecular formula is C25H19F3N2O4S2. The highest BCUT2D eigenvalue weighted by Crippen LogP contribution is 2.30. The number of carboxylic acid groups (broad SMARTS) is 1. The van der Waals surface area contributed by atoms with E-state index in [0.29, 0.717) is 16.0 Å². The summed E-state index contributed by atoms with van der Waals surface area (Å²) in [5.41, 5.74) is 1.01. The molecule has 4 aromatic rings. The van der Waals surface area contributed by atoms with Gasteiger partial charge in [-0.3, -0.25) is 4.79 Å². The van der Waals surface area contributed by atoms with Gasteiger partial charge in [0.15, 0.2) is 0 Å². The predicted molar refractivity (Wildman–Crippen MR) is 130 cm³/mol. The molecule has 0 saturated heterocycles. The summed E-state index contributed by atoms with van der Waals surface area (Å²) in [5, 5.41) is 10.6. The minimum absolute atomic E-state index is 0.128. The summed E-state index contributed by atoms with van der Waals surface area (Å²) in [6.45, 7) is 1.63. The van der Waals surface area contributed by atoms with Crippen molar-refractivity contribution in [1.82, 2.24) is 9.71 Å². The van der Waals surface area contributed by atoms with Crippen LogP contribution in [0.1, 0.15) is 34.4 Å². The largest absolute Gasteiger partial charge is 0.480 e. The third-order valence-electron chi connectivity index (χ3n) is 5.55. The van der Waals surface area contributed by atoms with Crippen molar-refractivity contribution in [3.63, 3.8) is 0 Å². The SMILES string of the molecule is C[C@@H](c1c[nH]c2ccccc12)[C@@H](NS(=O)(=O)c1ccc(C#Cc2ccc(C(F)(F)F)cc2)s1)C(=O)O. The first-order valence-corrected chi connectivity index (χ1v) is 12.9. The number of fused-ring (bicyclic) bond motifs is 1. The molecule has 0 aliphatic rings. The second-order valence-corrected chi connectivity index (χ2v) is 11.0.